The lowest BCUT2D eigenvalue weighted by atomic mass is 10.1. The van der Waals surface area contributed by atoms with E-state index in [1.54, 1.807) is 24.3 Å². The SMILES string of the molecule is N#Cc1ccc(C=NNC(=O)COc2cccc3ccccc23)cc1. The number of hydrazone groups is 1. The van der Waals surface area contributed by atoms with Crippen molar-refractivity contribution in [1.29, 1.82) is 5.26 Å². The normalized spacial score (nSPS) is 10.5. The molecule has 3 aromatic rings. The van der Waals surface area contributed by atoms with Gasteiger partial charge in [0.25, 0.3) is 5.91 Å². The molecule has 0 aliphatic carbocycles. The first-order valence-electron chi connectivity index (χ1n) is 7.69. The van der Waals surface area contributed by atoms with Crippen molar-refractivity contribution in [2.24, 2.45) is 5.10 Å². The van der Waals surface area contributed by atoms with Crippen LogP contribution < -0.4 is 10.2 Å². The van der Waals surface area contributed by atoms with Gasteiger partial charge in [-0.05, 0) is 29.1 Å². The summed E-state index contributed by atoms with van der Waals surface area (Å²) in [7, 11) is 0. The maximum absolute atomic E-state index is 11.9. The first-order chi connectivity index (χ1) is 12.3. The van der Waals surface area contributed by atoms with Crippen LogP contribution in [0.25, 0.3) is 10.8 Å². The second-order valence-corrected chi connectivity index (χ2v) is 5.29. The van der Waals surface area contributed by atoms with Gasteiger partial charge in [-0.1, -0.05) is 48.5 Å². The Labute approximate surface area is 145 Å². The van der Waals surface area contributed by atoms with Crippen molar-refractivity contribution in [2.75, 3.05) is 6.61 Å². The van der Waals surface area contributed by atoms with Crippen LogP contribution in [0, 0.1) is 11.3 Å². The van der Waals surface area contributed by atoms with E-state index in [2.05, 4.69) is 10.5 Å². The van der Waals surface area contributed by atoms with Crippen LogP contribution in [-0.2, 0) is 4.79 Å². The number of rotatable bonds is 5. The van der Waals surface area contributed by atoms with Gasteiger partial charge in [0.05, 0.1) is 17.8 Å². The average molecular weight is 329 g/mol. The molecule has 0 atom stereocenters. The first kappa shape index (κ1) is 16.2. The summed E-state index contributed by atoms with van der Waals surface area (Å²) in [5.74, 6) is 0.308. The molecule has 5 heteroatoms. The molecule has 0 saturated heterocycles. The minimum Gasteiger partial charge on any atom is -0.483 e. The van der Waals surface area contributed by atoms with Gasteiger partial charge in [-0.2, -0.15) is 10.4 Å². The van der Waals surface area contributed by atoms with E-state index in [-0.39, 0.29) is 12.5 Å². The molecule has 1 amide bonds. The maximum atomic E-state index is 11.9. The van der Waals surface area contributed by atoms with Gasteiger partial charge < -0.3 is 4.74 Å². The van der Waals surface area contributed by atoms with Crippen LogP contribution in [0.5, 0.6) is 5.75 Å². The van der Waals surface area contributed by atoms with Gasteiger partial charge >= 0.3 is 0 Å². The zero-order valence-corrected chi connectivity index (χ0v) is 13.3. The van der Waals surface area contributed by atoms with Crippen LogP contribution in [0.4, 0.5) is 0 Å². The van der Waals surface area contributed by atoms with E-state index >= 15 is 0 Å². The molecule has 25 heavy (non-hydrogen) atoms. The van der Waals surface area contributed by atoms with Gasteiger partial charge in [-0.15, -0.1) is 0 Å². The highest BCUT2D eigenvalue weighted by Crippen LogP contribution is 2.24. The van der Waals surface area contributed by atoms with Crippen LogP contribution in [0.1, 0.15) is 11.1 Å². The summed E-state index contributed by atoms with van der Waals surface area (Å²) in [5, 5.41) is 14.6. The Kier molecular flexibility index (Phi) is 5.03. The molecule has 0 bridgehead atoms. The summed E-state index contributed by atoms with van der Waals surface area (Å²) in [4.78, 5) is 11.9. The Balaban J connectivity index is 1.55. The van der Waals surface area contributed by atoms with Gasteiger partial charge in [0.2, 0.25) is 0 Å². The van der Waals surface area contributed by atoms with Crippen molar-refractivity contribution in [3.63, 3.8) is 0 Å². The second-order valence-electron chi connectivity index (χ2n) is 5.29. The molecule has 1 N–H and O–H groups in total. The monoisotopic (exact) mass is 329 g/mol. The third-order valence-corrected chi connectivity index (χ3v) is 3.55. The minimum atomic E-state index is -0.349. The van der Waals surface area contributed by atoms with Gasteiger partial charge in [0.15, 0.2) is 6.61 Å². The van der Waals surface area contributed by atoms with Crippen LogP contribution >= 0.6 is 0 Å². The molecule has 0 unspecified atom stereocenters. The van der Waals surface area contributed by atoms with E-state index in [1.807, 2.05) is 48.5 Å². The molecule has 0 aliphatic heterocycles. The summed E-state index contributed by atoms with van der Waals surface area (Å²) in [6.07, 6.45) is 1.51. The number of ether oxygens (including phenoxy) is 1. The highest BCUT2D eigenvalue weighted by atomic mass is 16.5. The maximum Gasteiger partial charge on any atom is 0.277 e. The van der Waals surface area contributed by atoms with Crippen molar-refractivity contribution in [3.8, 4) is 11.8 Å². The van der Waals surface area contributed by atoms with Gasteiger partial charge in [-0.3, -0.25) is 4.79 Å². The Morgan fingerprint density at radius 3 is 2.64 bits per heavy atom. The zero-order valence-electron chi connectivity index (χ0n) is 13.3. The Bertz CT molecular complexity index is 951. The molecule has 0 fully saturated rings. The molecule has 0 saturated carbocycles. The molecule has 0 radical (unpaired) electrons. The highest BCUT2D eigenvalue weighted by Gasteiger charge is 2.04. The van der Waals surface area contributed by atoms with Crippen molar-refractivity contribution < 1.29 is 9.53 Å². The molecule has 0 aliphatic rings. The predicted molar refractivity (Wildman–Crippen MR) is 96.3 cm³/mol. The summed E-state index contributed by atoms with van der Waals surface area (Å²) >= 11 is 0. The van der Waals surface area contributed by atoms with Crippen molar-refractivity contribution in [1.82, 2.24) is 5.43 Å². The quantitative estimate of drug-likeness (QED) is 0.577. The van der Waals surface area contributed by atoms with Crippen molar-refractivity contribution in [2.45, 2.75) is 0 Å². The molecule has 5 nitrogen and oxygen atoms in total. The summed E-state index contributed by atoms with van der Waals surface area (Å²) < 4.78 is 5.59. The summed E-state index contributed by atoms with van der Waals surface area (Å²) in [5.41, 5.74) is 3.78. The van der Waals surface area contributed by atoms with Gasteiger partial charge in [-0.25, -0.2) is 5.43 Å². The summed E-state index contributed by atoms with van der Waals surface area (Å²) in [6.45, 7) is -0.126. The predicted octanol–water partition coefficient (Wildman–Crippen LogP) is 3.24. The Morgan fingerprint density at radius 2 is 1.84 bits per heavy atom. The largest absolute Gasteiger partial charge is 0.483 e. The van der Waals surface area contributed by atoms with Crippen molar-refractivity contribution in [3.05, 3.63) is 77.9 Å². The number of hydrogen-bond acceptors (Lipinski definition) is 4. The number of nitriles is 1. The first-order valence-corrected chi connectivity index (χ1v) is 7.69. The van der Waals surface area contributed by atoms with Crippen LogP contribution in [-0.4, -0.2) is 18.7 Å². The van der Waals surface area contributed by atoms with Crippen LogP contribution in [0.2, 0.25) is 0 Å². The number of nitrogens with zero attached hydrogens (tertiary/aromatic N) is 2. The van der Waals surface area contributed by atoms with E-state index in [1.165, 1.54) is 6.21 Å². The zero-order chi connectivity index (χ0) is 17.5. The second kappa shape index (κ2) is 7.75. The smallest absolute Gasteiger partial charge is 0.277 e. The number of hydrogen-bond donors (Lipinski definition) is 1. The van der Waals surface area contributed by atoms with E-state index in [4.69, 9.17) is 10.00 Å². The fourth-order valence-electron chi connectivity index (χ4n) is 2.32. The topological polar surface area (TPSA) is 74.5 Å². The van der Waals surface area contributed by atoms with Crippen LogP contribution in [0.15, 0.2) is 71.8 Å². The molecule has 3 rings (SSSR count). The van der Waals surface area contributed by atoms with Gasteiger partial charge in [0.1, 0.15) is 5.75 Å². The summed E-state index contributed by atoms with van der Waals surface area (Å²) in [6, 6.07) is 22.4. The van der Waals surface area contributed by atoms with E-state index < -0.39 is 0 Å². The highest BCUT2D eigenvalue weighted by molar-refractivity contribution is 5.89. The standard InChI is InChI=1S/C20H15N3O2/c21-12-15-8-10-16(11-9-15)13-22-23-20(24)14-25-19-7-3-5-17-4-1-2-6-18(17)19/h1-11,13H,14H2,(H,23,24). The minimum absolute atomic E-state index is 0.126. The average Bonchev–Trinajstić information content (AvgIpc) is 2.67. The van der Waals surface area contributed by atoms with Crippen molar-refractivity contribution >= 4 is 22.9 Å². The Morgan fingerprint density at radius 1 is 1.08 bits per heavy atom. The fourth-order valence-corrected chi connectivity index (χ4v) is 2.32. The lowest BCUT2D eigenvalue weighted by Gasteiger charge is -2.08. The van der Waals surface area contributed by atoms with E-state index in [0.717, 1.165) is 16.3 Å². The van der Waals surface area contributed by atoms with Crippen LogP contribution in [0.3, 0.4) is 0 Å². The third-order valence-electron chi connectivity index (χ3n) is 3.55. The molecular weight excluding hydrogens is 314 g/mol. The molecule has 0 heterocycles. The molecule has 0 aromatic heterocycles. The number of fused-ring (bicyclic) bond motifs is 1. The molecule has 3 aromatic carbocycles. The number of benzene rings is 3. The fraction of sp³-hybridized carbons (Fsp3) is 0.0500. The Hall–Kier alpha value is -3.65. The molecular formula is C20H15N3O2. The van der Waals surface area contributed by atoms with E-state index in [9.17, 15) is 4.79 Å². The number of carbonyl (C=O) groups is 1. The molecule has 122 valence electrons. The number of amides is 1. The number of carbonyl (C=O) groups excluding carboxylic acids is 1. The van der Waals surface area contributed by atoms with Gasteiger partial charge in [0, 0.05) is 5.39 Å². The lowest BCUT2D eigenvalue weighted by molar-refractivity contribution is -0.123. The lowest BCUT2D eigenvalue weighted by Crippen LogP contribution is -2.24. The third kappa shape index (κ3) is 4.21. The van der Waals surface area contributed by atoms with E-state index in [0.29, 0.717) is 11.3 Å². The molecule has 0 spiro atoms. The number of nitrogens with one attached hydrogen (secondary N) is 1.